The maximum atomic E-state index is 14.3. The average molecular weight is 500 g/mol. The molecule has 0 fully saturated rings. The molecule has 1 atom stereocenters. The molecule has 2 aromatic carbocycles. The number of halogens is 2. The van der Waals surface area contributed by atoms with E-state index in [9.17, 15) is 9.36 Å². The number of H-pyrrole nitrogens is 1. The second-order valence-corrected chi connectivity index (χ2v) is 10.2. The number of amides is 1. The Balaban J connectivity index is 1.88. The smallest absolute Gasteiger partial charge is 0.268 e. The van der Waals surface area contributed by atoms with E-state index in [-0.39, 0.29) is 33.6 Å². The lowest BCUT2D eigenvalue weighted by molar-refractivity contribution is 0.0947. The Morgan fingerprint density at radius 1 is 1.21 bits per heavy atom. The minimum absolute atomic E-state index is 0.0517. The first kappa shape index (κ1) is 23.0. The number of aromatic amines is 1. The molecular weight excluding hydrogens is 484 g/mol. The molecule has 1 amide bonds. The maximum absolute atomic E-state index is 14.3. The Labute approximate surface area is 199 Å². The van der Waals surface area contributed by atoms with Crippen molar-refractivity contribution in [2.24, 2.45) is 0 Å². The van der Waals surface area contributed by atoms with E-state index in [4.69, 9.17) is 34.3 Å². The van der Waals surface area contributed by atoms with Gasteiger partial charge in [-0.2, -0.15) is 0 Å². The van der Waals surface area contributed by atoms with Crippen LogP contribution in [0.4, 0.5) is 5.69 Å². The molecule has 0 aliphatic rings. The van der Waals surface area contributed by atoms with Gasteiger partial charge in [0.15, 0.2) is 5.69 Å². The largest absolute Gasteiger partial charge is 0.350 e. The van der Waals surface area contributed by atoms with E-state index in [2.05, 4.69) is 25.1 Å². The van der Waals surface area contributed by atoms with Crippen molar-refractivity contribution in [1.29, 1.82) is 0 Å². The quantitative estimate of drug-likeness (QED) is 0.297. The van der Waals surface area contributed by atoms with E-state index in [1.807, 2.05) is 0 Å². The van der Waals surface area contributed by atoms with E-state index in [1.165, 1.54) is 31.6 Å². The van der Waals surface area contributed by atoms with Gasteiger partial charge in [0, 0.05) is 39.6 Å². The molecule has 166 valence electrons. The van der Waals surface area contributed by atoms with Crippen LogP contribution in [0.1, 0.15) is 16.2 Å². The number of hydrogen-bond donors (Lipinski definition) is 2. The summed E-state index contributed by atoms with van der Waals surface area (Å²) in [4.78, 5) is 27.6. The van der Waals surface area contributed by atoms with Crippen molar-refractivity contribution in [3.05, 3.63) is 87.8 Å². The fraction of sp³-hybridized carbons (Fsp3) is 0.0909. The molecular formula is C22H16Cl2N5O3P. The van der Waals surface area contributed by atoms with Gasteiger partial charge in [0.05, 0.1) is 24.1 Å². The molecule has 33 heavy (non-hydrogen) atoms. The van der Waals surface area contributed by atoms with Gasteiger partial charge >= 0.3 is 0 Å². The van der Waals surface area contributed by atoms with Crippen molar-refractivity contribution >= 4 is 63.7 Å². The monoisotopic (exact) mass is 499 g/mol. The summed E-state index contributed by atoms with van der Waals surface area (Å²) in [5, 5.41) is 4.18. The van der Waals surface area contributed by atoms with Gasteiger partial charge in [-0.1, -0.05) is 23.2 Å². The molecule has 8 nitrogen and oxygen atoms in total. The van der Waals surface area contributed by atoms with Crippen LogP contribution in [0.2, 0.25) is 10.0 Å². The van der Waals surface area contributed by atoms with Gasteiger partial charge in [-0.15, -0.1) is 0 Å². The second kappa shape index (κ2) is 9.34. The first-order valence-electron chi connectivity index (χ1n) is 9.55. The Bertz CT molecular complexity index is 1450. The molecule has 0 saturated carbocycles. The molecule has 2 aromatic heterocycles. The van der Waals surface area contributed by atoms with E-state index in [0.717, 1.165) is 0 Å². The number of nitrogens with zero attached hydrogens (tertiary/aromatic N) is 3. The van der Waals surface area contributed by atoms with Crippen molar-refractivity contribution in [2.75, 3.05) is 7.11 Å². The first-order valence-corrected chi connectivity index (χ1v) is 11.9. The molecule has 11 heteroatoms. The average Bonchev–Trinajstić information content (AvgIpc) is 3.21. The predicted molar refractivity (Wildman–Crippen MR) is 128 cm³/mol. The highest BCUT2D eigenvalue weighted by Gasteiger charge is 2.36. The van der Waals surface area contributed by atoms with Gasteiger partial charge in [0.25, 0.3) is 13.3 Å². The summed E-state index contributed by atoms with van der Waals surface area (Å²) in [5.74, 6) is -0.513. The van der Waals surface area contributed by atoms with Gasteiger partial charge in [0.2, 0.25) is 0 Å². The van der Waals surface area contributed by atoms with Crippen LogP contribution in [0, 0.1) is 6.57 Å². The Hall–Kier alpha value is -3.21. The second-order valence-electron chi connectivity index (χ2n) is 6.94. The van der Waals surface area contributed by atoms with E-state index in [1.54, 1.807) is 30.5 Å². The van der Waals surface area contributed by atoms with Gasteiger partial charge in [0.1, 0.15) is 12.0 Å². The van der Waals surface area contributed by atoms with Crippen LogP contribution in [-0.4, -0.2) is 28.0 Å². The van der Waals surface area contributed by atoms with Crippen molar-refractivity contribution in [1.82, 2.24) is 20.3 Å². The SMILES string of the molecule is [C-]#[N+]c1cc(Cl)cc(P(=O)(OC)c2c(C(=O)NCc3ccncn3)[nH]c3ccc(Cl)cc23)c1. The van der Waals surface area contributed by atoms with Crippen LogP contribution >= 0.6 is 30.6 Å². The van der Waals surface area contributed by atoms with Crippen molar-refractivity contribution < 1.29 is 13.9 Å². The first-order chi connectivity index (χ1) is 15.9. The van der Waals surface area contributed by atoms with E-state index < -0.39 is 13.3 Å². The Kier molecular flexibility index (Phi) is 6.50. The minimum atomic E-state index is -3.88. The topological polar surface area (TPSA) is 101 Å². The summed E-state index contributed by atoms with van der Waals surface area (Å²) in [5.41, 5.74) is 1.40. The summed E-state index contributed by atoms with van der Waals surface area (Å²) < 4.78 is 19.9. The van der Waals surface area contributed by atoms with Crippen molar-refractivity contribution in [2.45, 2.75) is 6.54 Å². The van der Waals surface area contributed by atoms with Crippen LogP contribution < -0.4 is 15.9 Å². The van der Waals surface area contributed by atoms with Gasteiger partial charge < -0.3 is 14.8 Å². The number of benzene rings is 2. The summed E-state index contributed by atoms with van der Waals surface area (Å²) in [6.45, 7) is 7.45. The number of nitrogens with one attached hydrogen (secondary N) is 2. The zero-order chi connectivity index (χ0) is 23.6. The van der Waals surface area contributed by atoms with Crippen LogP contribution in [0.25, 0.3) is 15.7 Å². The lowest BCUT2D eigenvalue weighted by Gasteiger charge is -2.19. The summed E-state index contributed by atoms with van der Waals surface area (Å²) in [7, 11) is -2.60. The number of carbonyl (C=O) groups excluding carboxylic acids is 1. The maximum Gasteiger partial charge on any atom is 0.268 e. The molecule has 2 N–H and O–H groups in total. The molecule has 4 aromatic rings. The van der Waals surface area contributed by atoms with Crippen molar-refractivity contribution in [3.8, 4) is 0 Å². The van der Waals surface area contributed by atoms with Gasteiger partial charge in [-0.25, -0.2) is 14.8 Å². The lowest BCUT2D eigenvalue weighted by atomic mass is 10.2. The molecule has 0 saturated heterocycles. The standard InChI is InChI=1S/C22H16Cl2N5O3P/c1-25-16-7-14(24)8-17(10-16)33(31,32-2)21-18-9-13(23)3-4-19(18)29-20(21)22(30)27-11-15-5-6-26-12-28-15/h3-10,12,29H,11H2,2H3,(H,27,30). The number of fused-ring (bicyclic) bond motifs is 1. The third kappa shape index (κ3) is 4.50. The highest BCUT2D eigenvalue weighted by atomic mass is 35.5. The third-order valence-electron chi connectivity index (χ3n) is 4.92. The number of aromatic nitrogens is 3. The zero-order valence-electron chi connectivity index (χ0n) is 17.2. The lowest BCUT2D eigenvalue weighted by Crippen LogP contribution is -2.30. The van der Waals surface area contributed by atoms with E-state index in [0.29, 0.717) is 21.6 Å². The molecule has 2 heterocycles. The fourth-order valence-corrected chi connectivity index (χ4v) is 6.12. The molecule has 1 unspecified atom stereocenters. The third-order valence-corrected chi connectivity index (χ3v) is 7.88. The molecule has 0 aliphatic heterocycles. The minimum Gasteiger partial charge on any atom is -0.350 e. The molecule has 0 spiro atoms. The normalized spacial score (nSPS) is 12.8. The Morgan fingerprint density at radius 2 is 2.03 bits per heavy atom. The van der Waals surface area contributed by atoms with Gasteiger partial charge in [-0.05, 0) is 42.5 Å². The van der Waals surface area contributed by atoms with Crippen molar-refractivity contribution in [3.63, 3.8) is 0 Å². The molecule has 0 radical (unpaired) electrons. The molecule has 0 aliphatic carbocycles. The highest BCUT2D eigenvalue weighted by molar-refractivity contribution is 7.75. The van der Waals surface area contributed by atoms with Crippen LogP contribution in [0.5, 0.6) is 0 Å². The van der Waals surface area contributed by atoms with Crippen LogP contribution in [0.15, 0.2) is 55.0 Å². The summed E-state index contributed by atoms with van der Waals surface area (Å²) in [6.07, 6.45) is 2.95. The van der Waals surface area contributed by atoms with E-state index >= 15 is 0 Å². The summed E-state index contributed by atoms with van der Waals surface area (Å²) in [6, 6.07) is 11.0. The van der Waals surface area contributed by atoms with Gasteiger partial charge in [-0.3, -0.25) is 9.36 Å². The number of carbonyl (C=O) groups is 1. The highest BCUT2D eigenvalue weighted by Crippen LogP contribution is 2.48. The molecule has 4 rings (SSSR count). The Morgan fingerprint density at radius 3 is 2.73 bits per heavy atom. The predicted octanol–water partition coefficient (Wildman–Crippen LogP) is 4.62. The van der Waals surface area contributed by atoms with Crippen LogP contribution in [0.3, 0.4) is 0 Å². The number of hydrogen-bond acceptors (Lipinski definition) is 5. The summed E-state index contributed by atoms with van der Waals surface area (Å²) >= 11 is 12.4. The fourth-order valence-electron chi connectivity index (χ4n) is 3.42. The zero-order valence-corrected chi connectivity index (χ0v) is 19.6. The van der Waals surface area contributed by atoms with Crippen LogP contribution in [-0.2, 0) is 15.6 Å². The number of rotatable bonds is 6. The molecule has 0 bridgehead atoms.